The summed E-state index contributed by atoms with van der Waals surface area (Å²) in [6.07, 6.45) is 3.89. The minimum atomic E-state index is 0.428. The molecule has 3 aromatic rings. The Morgan fingerprint density at radius 1 is 1.24 bits per heavy atom. The maximum absolute atomic E-state index is 6.18. The number of nitrogens with one attached hydrogen (secondary N) is 2. The Bertz CT molecular complexity index is 1020. The highest BCUT2D eigenvalue weighted by Crippen LogP contribution is 2.27. The SMILES string of the molecule is CNC(=S)N/N=C\c1cn(CCOc2cc(C)ccc2C(C)C)c2ccccc12. The molecular formula is C23H28N4OS. The molecule has 2 aromatic carbocycles. The first-order chi connectivity index (χ1) is 14.0. The quantitative estimate of drug-likeness (QED) is 0.341. The second-order valence-electron chi connectivity index (χ2n) is 7.29. The molecule has 6 heteroatoms. The van der Waals surface area contributed by atoms with Crippen molar-refractivity contribution in [3.63, 3.8) is 0 Å². The van der Waals surface area contributed by atoms with Gasteiger partial charge in [-0.15, -0.1) is 0 Å². The number of para-hydroxylation sites is 1. The van der Waals surface area contributed by atoms with Gasteiger partial charge in [-0.05, 0) is 48.3 Å². The van der Waals surface area contributed by atoms with Gasteiger partial charge in [0, 0.05) is 29.7 Å². The van der Waals surface area contributed by atoms with E-state index in [1.807, 2.05) is 12.1 Å². The Kier molecular flexibility index (Phi) is 6.88. The average Bonchev–Trinajstić information content (AvgIpc) is 3.05. The minimum Gasteiger partial charge on any atom is -0.491 e. The van der Waals surface area contributed by atoms with Gasteiger partial charge in [-0.3, -0.25) is 5.43 Å². The van der Waals surface area contributed by atoms with Crippen LogP contribution in [0.4, 0.5) is 0 Å². The maximum atomic E-state index is 6.18. The number of aryl methyl sites for hydroxylation is 1. The summed E-state index contributed by atoms with van der Waals surface area (Å²) in [6, 6.07) is 14.7. The van der Waals surface area contributed by atoms with Crippen LogP contribution in [-0.2, 0) is 6.54 Å². The zero-order valence-electron chi connectivity index (χ0n) is 17.4. The van der Waals surface area contributed by atoms with E-state index in [9.17, 15) is 0 Å². The van der Waals surface area contributed by atoms with Crippen molar-refractivity contribution in [2.45, 2.75) is 33.2 Å². The molecule has 152 valence electrons. The molecule has 3 rings (SSSR count). The molecule has 0 saturated carbocycles. The Hall–Kier alpha value is -2.86. The first-order valence-electron chi connectivity index (χ1n) is 9.81. The molecule has 0 unspecified atom stereocenters. The number of thiocarbonyl (C=S) groups is 1. The molecule has 5 nitrogen and oxygen atoms in total. The van der Waals surface area contributed by atoms with Gasteiger partial charge in [0.2, 0.25) is 0 Å². The number of aromatic nitrogens is 1. The minimum absolute atomic E-state index is 0.428. The second kappa shape index (κ2) is 9.56. The highest BCUT2D eigenvalue weighted by atomic mass is 32.1. The summed E-state index contributed by atoms with van der Waals surface area (Å²) < 4.78 is 8.38. The molecule has 0 atom stereocenters. The van der Waals surface area contributed by atoms with E-state index in [4.69, 9.17) is 17.0 Å². The van der Waals surface area contributed by atoms with Crippen LogP contribution in [0.5, 0.6) is 5.75 Å². The molecule has 0 spiro atoms. The third kappa shape index (κ3) is 5.15. The van der Waals surface area contributed by atoms with E-state index in [-0.39, 0.29) is 0 Å². The molecule has 0 aliphatic heterocycles. The zero-order valence-corrected chi connectivity index (χ0v) is 18.2. The summed E-state index contributed by atoms with van der Waals surface area (Å²) in [7, 11) is 1.76. The number of hydrogen-bond donors (Lipinski definition) is 2. The summed E-state index contributed by atoms with van der Waals surface area (Å²) in [5, 5.41) is 8.69. The molecule has 0 saturated heterocycles. The lowest BCUT2D eigenvalue weighted by Gasteiger charge is -2.15. The van der Waals surface area contributed by atoms with E-state index >= 15 is 0 Å². The van der Waals surface area contributed by atoms with Crippen LogP contribution in [0, 0.1) is 6.92 Å². The van der Waals surface area contributed by atoms with Gasteiger partial charge >= 0.3 is 0 Å². The Morgan fingerprint density at radius 3 is 2.79 bits per heavy atom. The largest absolute Gasteiger partial charge is 0.491 e. The number of ether oxygens (including phenoxy) is 1. The fraction of sp³-hybridized carbons (Fsp3) is 0.304. The van der Waals surface area contributed by atoms with Crippen LogP contribution in [-0.4, -0.2) is 29.5 Å². The van der Waals surface area contributed by atoms with Crippen molar-refractivity contribution in [3.05, 3.63) is 65.4 Å². The van der Waals surface area contributed by atoms with Gasteiger partial charge in [-0.25, -0.2) is 0 Å². The van der Waals surface area contributed by atoms with E-state index in [0.717, 1.165) is 28.8 Å². The molecule has 0 fully saturated rings. The van der Waals surface area contributed by atoms with Crippen LogP contribution < -0.4 is 15.5 Å². The lowest BCUT2D eigenvalue weighted by molar-refractivity contribution is 0.296. The van der Waals surface area contributed by atoms with E-state index in [1.165, 1.54) is 11.1 Å². The van der Waals surface area contributed by atoms with Gasteiger partial charge in [0.15, 0.2) is 5.11 Å². The number of hydrogen-bond acceptors (Lipinski definition) is 3. The molecule has 29 heavy (non-hydrogen) atoms. The van der Waals surface area contributed by atoms with E-state index in [0.29, 0.717) is 17.6 Å². The van der Waals surface area contributed by atoms with E-state index in [2.05, 4.69) is 77.7 Å². The molecule has 0 amide bonds. The van der Waals surface area contributed by atoms with Crippen molar-refractivity contribution in [1.82, 2.24) is 15.3 Å². The van der Waals surface area contributed by atoms with Crippen LogP contribution in [0.3, 0.4) is 0 Å². The lowest BCUT2D eigenvalue weighted by atomic mass is 10.0. The van der Waals surface area contributed by atoms with Crippen molar-refractivity contribution in [1.29, 1.82) is 0 Å². The van der Waals surface area contributed by atoms with Crippen LogP contribution in [0.15, 0.2) is 53.8 Å². The summed E-state index contributed by atoms with van der Waals surface area (Å²) in [5.41, 5.74) is 7.44. The monoisotopic (exact) mass is 408 g/mol. The van der Waals surface area contributed by atoms with Crippen molar-refractivity contribution < 1.29 is 4.74 Å². The number of rotatable bonds is 7. The zero-order chi connectivity index (χ0) is 20.8. The number of nitrogens with zero attached hydrogens (tertiary/aromatic N) is 2. The standard InChI is InChI=1S/C23H28N4OS/c1-16(2)19-10-9-17(3)13-22(19)28-12-11-27-15-18(14-25-26-23(29)24-4)20-7-5-6-8-21(20)27/h5-10,13-16H,11-12H2,1-4H3,(H2,24,26,29)/b25-14-. The molecular weight excluding hydrogens is 380 g/mol. The highest BCUT2D eigenvalue weighted by Gasteiger charge is 2.10. The van der Waals surface area contributed by atoms with Gasteiger partial charge in [0.05, 0.1) is 12.8 Å². The van der Waals surface area contributed by atoms with Crippen LogP contribution in [0.25, 0.3) is 10.9 Å². The van der Waals surface area contributed by atoms with Crippen molar-refractivity contribution >= 4 is 34.4 Å². The maximum Gasteiger partial charge on any atom is 0.186 e. The summed E-state index contributed by atoms with van der Waals surface area (Å²) >= 11 is 5.06. The van der Waals surface area contributed by atoms with Crippen LogP contribution in [0.1, 0.15) is 36.5 Å². The summed E-state index contributed by atoms with van der Waals surface area (Å²) in [5.74, 6) is 1.40. The molecule has 1 aromatic heterocycles. The van der Waals surface area contributed by atoms with Crippen molar-refractivity contribution in [2.75, 3.05) is 13.7 Å². The fourth-order valence-electron chi connectivity index (χ4n) is 3.28. The molecule has 1 heterocycles. The predicted octanol–water partition coefficient (Wildman–Crippen LogP) is 4.58. The highest BCUT2D eigenvalue weighted by molar-refractivity contribution is 7.80. The number of fused-ring (bicyclic) bond motifs is 1. The smallest absolute Gasteiger partial charge is 0.186 e. The van der Waals surface area contributed by atoms with Crippen LogP contribution >= 0.6 is 12.2 Å². The van der Waals surface area contributed by atoms with Gasteiger partial charge in [0.25, 0.3) is 0 Å². The molecule has 0 radical (unpaired) electrons. The summed E-state index contributed by atoms with van der Waals surface area (Å²) in [4.78, 5) is 0. The Morgan fingerprint density at radius 2 is 2.03 bits per heavy atom. The first kappa shape index (κ1) is 20.9. The topological polar surface area (TPSA) is 50.6 Å². The Labute approximate surface area is 177 Å². The molecule has 0 bridgehead atoms. The van der Waals surface area contributed by atoms with Crippen molar-refractivity contribution in [3.8, 4) is 5.75 Å². The van der Waals surface area contributed by atoms with Gasteiger partial charge < -0.3 is 14.6 Å². The third-order valence-corrected chi connectivity index (χ3v) is 5.09. The van der Waals surface area contributed by atoms with E-state index in [1.54, 1.807) is 13.3 Å². The fourth-order valence-corrected chi connectivity index (χ4v) is 3.33. The predicted molar refractivity (Wildman–Crippen MR) is 125 cm³/mol. The summed E-state index contributed by atoms with van der Waals surface area (Å²) in [6.45, 7) is 7.82. The molecule has 2 N–H and O–H groups in total. The first-order valence-corrected chi connectivity index (χ1v) is 10.2. The van der Waals surface area contributed by atoms with Crippen LogP contribution in [0.2, 0.25) is 0 Å². The van der Waals surface area contributed by atoms with Gasteiger partial charge in [0.1, 0.15) is 12.4 Å². The third-order valence-electron chi connectivity index (χ3n) is 4.80. The average molecular weight is 409 g/mol. The van der Waals surface area contributed by atoms with Crippen molar-refractivity contribution in [2.24, 2.45) is 5.10 Å². The Balaban J connectivity index is 1.76. The number of benzene rings is 2. The van der Waals surface area contributed by atoms with Gasteiger partial charge in [-0.1, -0.05) is 44.2 Å². The molecule has 0 aliphatic carbocycles. The normalized spacial score (nSPS) is 11.3. The van der Waals surface area contributed by atoms with E-state index < -0.39 is 0 Å². The molecule has 0 aliphatic rings. The van der Waals surface area contributed by atoms with Gasteiger partial charge in [-0.2, -0.15) is 5.10 Å². The second-order valence-corrected chi connectivity index (χ2v) is 7.70. The number of hydrazone groups is 1. The lowest BCUT2D eigenvalue weighted by Crippen LogP contribution is -2.28.